The first-order valence-corrected chi connectivity index (χ1v) is 35.3. The highest BCUT2D eigenvalue weighted by molar-refractivity contribution is 5.14. The van der Waals surface area contributed by atoms with Gasteiger partial charge < -0.3 is 44.9 Å². The minimum atomic E-state index is 0.565. The highest BCUT2D eigenvalue weighted by atomic mass is 15.2. The molecule has 82 heavy (non-hydrogen) atoms. The van der Waals surface area contributed by atoms with Gasteiger partial charge in [-0.25, -0.2) is 0 Å². The van der Waals surface area contributed by atoms with Crippen molar-refractivity contribution in [1.29, 1.82) is 0 Å². The van der Waals surface area contributed by atoms with Crippen LogP contribution in [0.3, 0.4) is 0 Å². The Bertz CT molecular complexity index is 1430. The topological polar surface area (TPSA) is 46.7 Å². The molecule has 0 aromatic heterocycles. The maximum atomic E-state index is 3.36. The van der Waals surface area contributed by atoms with Crippen molar-refractivity contribution in [2.75, 3.05) is 98.7 Å². The molecule has 0 bridgehead atoms. The molecule has 6 heterocycles. The van der Waals surface area contributed by atoms with Crippen molar-refractivity contribution in [1.82, 2.24) is 44.9 Å². The molecule has 6 fully saturated rings. The molecule has 3 unspecified atom stereocenters. The van der Waals surface area contributed by atoms with Gasteiger partial charge >= 0.3 is 0 Å². The Morgan fingerprint density at radius 1 is 0.415 bits per heavy atom. The SMILES string of the molecule is CC(C)N1CCCC1.CC(C)N1CCCCC1.CC(C)N1CCCCCC1.CC(C)NCc1ccccc1.CC1CC(C)CN(C(C)C)C1.CC1CCN(C(C)C)CC1.CCC1CCN(C(C)C)C1.CCN(CC)C(C)C.CNC(C)C. The zero-order chi connectivity index (χ0) is 62.6. The summed E-state index contributed by atoms with van der Waals surface area (Å²) in [5.41, 5.74) is 1.35. The van der Waals surface area contributed by atoms with E-state index >= 15 is 0 Å². The lowest BCUT2D eigenvalue weighted by atomic mass is 9.91. The second-order valence-corrected chi connectivity index (χ2v) is 28.3. The first kappa shape index (κ1) is 82.9. The third kappa shape index (κ3) is 45.2. The summed E-state index contributed by atoms with van der Waals surface area (Å²) in [6.07, 6.45) is 19.8. The van der Waals surface area contributed by atoms with E-state index in [4.69, 9.17) is 0 Å². The summed E-state index contributed by atoms with van der Waals surface area (Å²) in [5.74, 6) is 3.76. The Hall–Kier alpha value is -1.14. The molecule has 0 aliphatic carbocycles. The van der Waals surface area contributed by atoms with Crippen molar-refractivity contribution in [3.8, 4) is 0 Å². The van der Waals surface area contributed by atoms with Crippen LogP contribution in [0.2, 0.25) is 0 Å². The van der Waals surface area contributed by atoms with Gasteiger partial charge in [0, 0.05) is 80.6 Å². The van der Waals surface area contributed by atoms with Gasteiger partial charge in [-0.2, -0.15) is 0 Å². The lowest BCUT2D eigenvalue weighted by Crippen LogP contribution is -2.42. The molecule has 9 heteroatoms. The zero-order valence-electron chi connectivity index (χ0n) is 60.5. The van der Waals surface area contributed by atoms with Crippen LogP contribution >= 0.6 is 0 Å². The summed E-state index contributed by atoms with van der Waals surface area (Å²) < 4.78 is 0. The van der Waals surface area contributed by atoms with Gasteiger partial charge in [0.05, 0.1) is 0 Å². The Morgan fingerprint density at radius 2 is 0.756 bits per heavy atom. The quantitative estimate of drug-likeness (QED) is 0.190. The molecule has 6 saturated heterocycles. The van der Waals surface area contributed by atoms with Crippen molar-refractivity contribution in [2.24, 2.45) is 23.7 Å². The maximum absolute atomic E-state index is 3.36. The molecule has 2 N–H and O–H groups in total. The molecule has 6 aliphatic rings. The summed E-state index contributed by atoms with van der Waals surface area (Å²) in [5, 5.41) is 6.39. The number of hydrogen-bond donors (Lipinski definition) is 2. The molecule has 1 aromatic carbocycles. The van der Waals surface area contributed by atoms with Crippen molar-refractivity contribution < 1.29 is 0 Å². The van der Waals surface area contributed by atoms with E-state index in [1.165, 1.54) is 187 Å². The van der Waals surface area contributed by atoms with Crippen LogP contribution in [-0.2, 0) is 6.54 Å². The number of benzene rings is 1. The average molecular weight is 1160 g/mol. The van der Waals surface area contributed by atoms with E-state index in [1.54, 1.807) is 0 Å². The van der Waals surface area contributed by atoms with Crippen molar-refractivity contribution in [3.63, 3.8) is 0 Å². The van der Waals surface area contributed by atoms with E-state index in [9.17, 15) is 0 Å². The lowest BCUT2D eigenvalue weighted by Gasteiger charge is -2.37. The highest BCUT2D eigenvalue weighted by Gasteiger charge is 2.24. The first-order chi connectivity index (χ1) is 38.7. The lowest BCUT2D eigenvalue weighted by molar-refractivity contribution is 0.111. The largest absolute Gasteiger partial charge is 0.318 e. The average Bonchev–Trinajstić information content (AvgIpc) is 4.13. The van der Waals surface area contributed by atoms with Crippen molar-refractivity contribution in [2.45, 2.75) is 317 Å². The Morgan fingerprint density at radius 3 is 1.04 bits per heavy atom. The molecule has 1 aromatic rings. The fourth-order valence-corrected chi connectivity index (χ4v) is 11.5. The van der Waals surface area contributed by atoms with Gasteiger partial charge in [-0.1, -0.05) is 125 Å². The number of rotatable bonds is 14. The molecule has 3 atom stereocenters. The number of likely N-dealkylation sites (tertiary alicyclic amines) is 6. The van der Waals surface area contributed by atoms with Crippen molar-refractivity contribution >= 4 is 0 Å². The predicted molar refractivity (Wildman–Crippen MR) is 372 cm³/mol. The van der Waals surface area contributed by atoms with Crippen molar-refractivity contribution in [3.05, 3.63) is 35.9 Å². The van der Waals surface area contributed by atoms with Gasteiger partial charge in [-0.3, -0.25) is 0 Å². The third-order valence-corrected chi connectivity index (χ3v) is 17.8. The molecule has 0 radical (unpaired) electrons. The fraction of sp³-hybridized carbons (Fsp3) is 0.918. The number of piperidine rings is 3. The second-order valence-electron chi connectivity index (χ2n) is 28.3. The molecular formula is C73H153N9. The van der Waals surface area contributed by atoms with E-state index in [2.05, 4.69) is 235 Å². The minimum absolute atomic E-state index is 0.565. The fourth-order valence-electron chi connectivity index (χ4n) is 11.5. The number of nitrogens with one attached hydrogen (secondary N) is 2. The van der Waals surface area contributed by atoms with Gasteiger partial charge in [0.15, 0.2) is 0 Å². The summed E-state index contributed by atoms with van der Waals surface area (Å²) in [6.45, 7) is 73.5. The molecule has 9 nitrogen and oxygen atoms in total. The Labute approximate surface area is 517 Å². The standard InChI is InChI=1S/C10H21N.C10H15N.3C9H19N.C8H17N.C7H15N.C7H17N.C4H11N/c1-8(2)11-6-9(3)5-10(4)7-11;1-9(2)11-8-10-6-4-3-5-7-10;1-8(2)10-6-4-9(3)5-7-10;1-9(2)10-7-5-3-4-6-8-10;1-4-9-5-6-10(7-9)8(2)3;1-8(2)9-6-4-3-5-7-9;1-7(2)8-5-3-4-6-8;1-5-8(6-2)7(3)4;1-4(2)5-3/h8-10H,5-7H2,1-4H3;3-7,9,11H,8H2,1-2H3;8-9H,4-7H2,1-3H3;9H,3-8H2,1-2H3;8-9H,4-7H2,1-3H3;8H,3-7H2,1-2H3;7H,3-6H2,1-2H3;7H,5-6H2,1-4H3;4-5H,1-3H3. The smallest absolute Gasteiger partial charge is 0.0207 e. The first-order valence-electron chi connectivity index (χ1n) is 35.3. The molecule has 0 saturated carbocycles. The summed E-state index contributed by atoms with van der Waals surface area (Å²) >= 11 is 0. The summed E-state index contributed by atoms with van der Waals surface area (Å²) in [7, 11) is 1.95. The van der Waals surface area contributed by atoms with E-state index in [1.807, 2.05) is 13.1 Å². The van der Waals surface area contributed by atoms with Gasteiger partial charge in [-0.15, -0.1) is 0 Å². The normalized spacial score (nSPS) is 21.7. The van der Waals surface area contributed by atoms with Gasteiger partial charge in [-0.05, 0) is 269 Å². The Kier molecular flexibility index (Phi) is 52.4. The minimum Gasteiger partial charge on any atom is -0.318 e. The third-order valence-electron chi connectivity index (χ3n) is 17.8. The Balaban J connectivity index is 0. The van der Waals surface area contributed by atoms with Crippen LogP contribution in [0.5, 0.6) is 0 Å². The molecular weight excluding hydrogens is 1000 g/mol. The van der Waals surface area contributed by atoms with Crippen LogP contribution in [0.4, 0.5) is 0 Å². The van der Waals surface area contributed by atoms with Crippen LogP contribution in [0.25, 0.3) is 0 Å². The summed E-state index contributed by atoms with van der Waals surface area (Å²) in [6, 6.07) is 16.9. The van der Waals surface area contributed by atoms with Gasteiger partial charge in [0.2, 0.25) is 0 Å². The van der Waals surface area contributed by atoms with E-state index in [0.717, 1.165) is 66.5 Å². The highest BCUT2D eigenvalue weighted by Crippen LogP contribution is 2.23. The molecule has 0 amide bonds. The summed E-state index contributed by atoms with van der Waals surface area (Å²) in [4.78, 5) is 17.8. The molecule has 0 spiro atoms. The molecule has 6 aliphatic heterocycles. The van der Waals surface area contributed by atoms with Crippen LogP contribution < -0.4 is 10.6 Å². The maximum Gasteiger partial charge on any atom is 0.0207 e. The zero-order valence-corrected chi connectivity index (χ0v) is 60.5. The molecule has 7 rings (SSSR count). The van der Waals surface area contributed by atoms with Crippen LogP contribution in [0.15, 0.2) is 30.3 Å². The van der Waals surface area contributed by atoms with E-state index in [-0.39, 0.29) is 0 Å². The van der Waals surface area contributed by atoms with E-state index in [0.29, 0.717) is 18.1 Å². The second kappa shape index (κ2) is 51.9. The van der Waals surface area contributed by atoms with Gasteiger partial charge in [0.25, 0.3) is 0 Å². The van der Waals surface area contributed by atoms with E-state index < -0.39 is 0 Å². The van der Waals surface area contributed by atoms with Crippen LogP contribution in [-0.4, -0.2) is 187 Å². The van der Waals surface area contributed by atoms with Crippen LogP contribution in [0, 0.1) is 23.7 Å². The monoisotopic (exact) mass is 1160 g/mol. The van der Waals surface area contributed by atoms with Crippen LogP contribution in [0.1, 0.15) is 262 Å². The number of hydrogen-bond acceptors (Lipinski definition) is 9. The van der Waals surface area contributed by atoms with Gasteiger partial charge in [0.1, 0.15) is 0 Å². The molecule has 490 valence electrons. The number of nitrogens with zero attached hydrogens (tertiary/aromatic N) is 7. The predicted octanol–water partition coefficient (Wildman–Crippen LogP) is 16.8.